The summed E-state index contributed by atoms with van der Waals surface area (Å²) in [5, 5.41) is 30.8. The van der Waals surface area contributed by atoms with E-state index in [0.717, 1.165) is 32.0 Å². The standard InChI is InChI=1S/C35H54O6S2/c1-21(2)24-14-22(17-27(34(9,10)11)31(24)40-19-29(41-20-37)28(38)18-36)42-35(12,13)43-23-15-25(32(3,4)5)30(39)26(16-23)33(6,7)8/h14-17,20-21,28-29,36,38-39H,18-19H2,1-13H3/t28-,29?/m0/s1. The van der Waals surface area contributed by atoms with Crippen molar-refractivity contribution in [2.75, 3.05) is 13.2 Å². The summed E-state index contributed by atoms with van der Waals surface area (Å²) >= 11 is 3.57. The number of phenols is 1. The maximum absolute atomic E-state index is 11.2. The Kier molecular flexibility index (Phi) is 12.2. The van der Waals surface area contributed by atoms with E-state index >= 15 is 0 Å². The molecule has 6 nitrogen and oxygen atoms in total. The van der Waals surface area contributed by atoms with Crippen molar-refractivity contribution >= 4 is 30.0 Å². The largest absolute Gasteiger partial charge is 0.507 e. The number of thioether (sulfide) groups is 2. The lowest BCUT2D eigenvalue weighted by molar-refractivity contribution is -0.143. The molecule has 0 bridgehead atoms. The van der Waals surface area contributed by atoms with Gasteiger partial charge in [-0.05, 0) is 65.8 Å². The molecule has 0 radical (unpaired) electrons. The van der Waals surface area contributed by atoms with Gasteiger partial charge in [0.15, 0.2) is 6.10 Å². The molecule has 0 spiro atoms. The van der Waals surface area contributed by atoms with Crippen molar-refractivity contribution in [2.24, 2.45) is 0 Å². The van der Waals surface area contributed by atoms with Gasteiger partial charge in [0.2, 0.25) is 0 Å². The predicted octanol–water partition coefficient (Wildman–Crippen LogP) is 8.30. The Bertz CT molecular complexity index is 1210. The van der Waals surface area contributed by atoms with Gasteiger partial charge in [-0.3, -0.25) is 4.79 Å². The number of aromatic hydroxyl groups is 1. The second-order valence-electron chi connectivity index (χ2n) is 15.1. The highest BCUT2D eigenvalue weighted by Gasteiger charge is 2.31. The molecule has 0 aliphatic rings. The zero-order chi connectivity index (χ0) is 33.1. The Labute approximate surface area is 268 Å². The van der Waals surface area contributed by atoms with Gasteiger partial charge in [0, 0.05) is 26.5 Å². The maximum atomic E-state index is 11.2. The molecule has 2 aromatic carbocycles. The van der Waals surface area contributed by atoms with Crippen molar-refractivity contribution in [3.8, 4) is 11.5 Å². The van der Waals surface area contributed by atoms with Gasteiger partial charge < -0.3 is 24.8 Å². The third-order valence-corrected chi connectivity index (χ3v) is 9.61. The minimum Gasteiger partial charge on any atom is -0.507 e. The smallest absolute Gasteiger partial charge is 0.293 e. The molecule has 2 atom stereocenters. The summed E-state index contributed by atoms with van der Waals surface area (Å²) in [4.78, 5) is 13.3. The number of rotatable bonds is 12. The molecule has 1 unspecified atom stereocenters. The monoisotopic (exact) mass is 634 g/mol. The van der Waals surface area contributed by atoms with Gasteiger partial charge in [-0.2, -0.15) is 0 Å². The number of hydrogen-bond donors (Lipinski definition) is 3. The van der Waals surface area contributed by atoms with Crippen LogP contribution < -0.4 is 4.74 Å². The molecule has 0 heterocycles. The molecule has 43 heavy (non-hydrogen) atoms. The van der Waals surface area contributed by atoms with Crippen LogP contribution in [0, 0.1) is 0 Å². The van der Waals surface area contributed by atoms with Gasteiger partial charge in [-0.25, -0.2) is 0 Å². The third kappa shape index (κ3) is 10.1. The highest BCUT2D eigenvalue weighted by atomic mass is 32.2. The number of aliphatic hydroxyl groups excluding tert-OH is 2. The first kappa shape index (κ1) is 37.3. The van der Waals surface area contributed by atoms with Crippen molar-refractivity contribution in [2.45, 2.75) is 138 Å². The first-order chi connectivity index (χ1) is 19.5. The Morgan fingerprint density at radius 2 is 1.23 bits per heavy atom. The van der Waals surface area contributed by atoms with Gasteiger partial charge >= 0.3 is 0 Å². The summed E-state index contributed by atoms with van der Waals surface area (Å²) in [6.07, 6.45) is -2.23. The Morgan fingerprint density at radius 3 is 1.63 bits per heavy atom. The summed E-state index contributed by atoms with van der Waals surface area (Å²) < 4.78 is 11.1. The Morgan fingerprint density at radius 1 is 0.791 bits per heavy atom. The molecule has 0 aliphatic heterocycles. The van der Waals surface area contributed by atoms with Gasteiger partial charge in [-0.15, -0.1) is 23.5 Å². The van der Waals surface area contributed by atoms with Crippen LogP contribution in [0.2, 0.25) is 0 Å². The molecular formula is C35H54O6S2. The van der Waals surface area contributed by atoms with Crippen LogP contribution in [-0.2, 0) is 25.8 Å². The molecule has 2 aromatic rings. The van der Waals surface area contributed by atoms with Crippen molar-refractivity contribution in [1.82, 2.24) is 0 Å². The highest BCUT2D eigenvalue weighted by Crippen LogP contribution is 2.50. The second-order valence-corrected chi connectivity index (χ2v) is 18.7. The molecule has 242 valence electrons. The summed E-state index contributed by atoms with van der Waals surface area (Å²) in [5.74, 6) is 1.24. The minimum atomic E-state index is -1.24. The molecule has 0 saturated carbocycles. The fourth-order valence-electron chi connectivity index (χ4n) is 4.82. The second kappa shape index (κ2) is 14.1. The summed E-state index contributed by atoms with van der Waals surface area (Å²) in [6, 6.07) is 8.60. The minimum absolute atomic E-state index is 0.0792. The fourth-order valence-corrected chi connectivity index (χ4v) is 7.42. The van der Waals surface area contributed by atoms with Crippen molar-refractivity contribution in [3.05, 3.63) is 46.5 Å². The van der Waals surface area contributed by atoms with E-state index in [9.17, 15) is 20.1 Å². The first-order valence-electron chi connectivity index (χ1n) is 15.0. The molecular weight excluding hydrogens is 581 g/mol. The van der Waals surface area contributed by atoms with Gasteiger partial charge in [0.05, 0.1) is 10.7 Å². The fraction of sp³-hybridized carbons (Fsp3) is 0.629. The van der Waals surface area contributed by atoms with E-state index in [0.29, 0.717) is 11.5 Å². The number of ether oxygens (including phenoxy) is 2. The third-order valence-electron chi connectivity index (χ3n) is 7.19. The van der Waals surface area contributed by atoms with Gasteiger partial charge in [0.1, 0.15) is 24.2 Å². The molecule has 0 aromatic heterocycles. The average Bonchev–Trinajstić information content (AvgIpc) is 2.84. The van der Waals surface area contributed by atoms with E-state index in [-0.39, 0.29) is 39.3 Å². The normalized spacial score (nSPS) is 14.5. The van der Waals surface area contributed by atoms with E-state index in [4.69, 9.17) is 9.47 Å². The van der Waals surface area contributed by atoms with E-state index < -0.39 is 18.8 Å². The molecule has 8 heteroatoms. The van der Waals surface area contributed by atoms with Gasteiger partial charge in [-0.1, -0.05) is 76.2 Å². The number of hydrogen-bond acceptors (Lipinski definition) is 8. The highest BCUT2D eigenvalue weighted by molar-refractivity contribution is 8.18. The van der Waals surface area contributed by atoms with Crippen molar-refractivity contribution in [1.29, 1.82) is 0 Å². The lowest BCUT2D eigenvalue weighted by Crippen LogP contribution is -2.37. The van der Waals surface area contributed by atoms with Crippen LogP contribution in [0.4, 0.5) is 0 Å². The molecule has 0 fully saturated rings. The zero-order valence-electron chi connectivity index (χ0n) is 28.4. The molecule has 0 aliphatic carbocycles. The zero-order valence-corrected chi connectivity index (χ0v) is 30.0. The van der Waals surface area contributed by atoms with Crippen LogP contribution in [0.15, 0.2) is 34.1 Å². The summed E-state index contributed by atoms with van der Waals surface area (Å²) in [5.41, 5.74) is 3.27. The van der Waals surface area contributed by atoms with E-state index in [1.807, 2.05) is 0 Å². The first-order valence-corrected chi connectivity index (χ1v) is 16.6. The van der Waals surface area contributed by atoms with Crippen LogP contribution in [0.5, 0.6) is 11.5 Å². The van der Waals surface area contributed by atoms with E-state index in [2.05, 4.69) is 114 Å². The predicted molar refractivity (Wildman–Crippen MR) is 180 cm³/mol. The Balaban J connectivity index is 2.56. The van der Waals surface area contributed by atoms with Gasteiger partial charge in [0.25, 0.3) is 6.47 Å². The van der Waals surface area contributed by atoms with Crippen LogP contribution in [0.25, 0.3) is 0 Å². The molecule has 0 amide bonds. The van der Waals surface area contributed by atoms with Crippen LogP contribution >= 0.6 is 23.5 Å². The van der Waals surface area contributed by atoms with Crippen molar-refractivity contribution < 1.29 is 29.6 Å². The van der Waals surface area contributed by atoms with E-state index in [1.165, 1.54) is 0 Å². The summed E-state index contributed by atoms with van der Waals surface area (Å²) in [7, 11) is 0. The summed E-state index contributed by atoms with van der Waals surface area (Å²) in [6.45, 7) is 27.5. The molecule has 2 rings (SSSR count). The lowest BCUT2D eigenvalue weighted by Gasteiger charge is -2.31. The van der Waals surface area contributed by atoms with Crippen LogP contribution in [0.3, 0.4) is 0 Å². The van der Waals surface area contributed by atoms with Crippen LogP contribution in [0.1, 0.15) is 118 Å². The van der Waals surface area contributed by atoms with Crippen molar-refractivity contribution in [3.63, 3.8) is 0 Å². The van der Waals surface area contributed by atoms with E-state index in [1.54, 1.807) is 23.5 Å². The maximum Gasteiger partial charge on any atom is 0.293 e. The Hall–Kier alpha value is -1.87. The topological polar surface area (TPSA) is 96.2 Å². The SMILES string of the molecule is CC(C)c1cc(SC(C)(C)Sc2cc(C(C)(C)C)c(O)c(C(C)(C)C)c2)cc(C(C)(C)C)c1OCC(OC=O)[C@@H](O)CO. The number of benzene rings is 2. The van der Waals surface area contributed by atoms with Crippen LogP contribution in [-0.4, -0.2) is 51.3 Å². The molecule has 3 N–H and O–H groups in total. The molecule has 0 saturated heterocycles. The number of phenolic OH excluding ortho intramolecular Hbond substituents is 1. The number of carbonyl (C=O) groups is 1. The quantitative estimate of drug-likeness (QED) is 0.122. The average molecular weight is 635 g/mol. The number of carbonyl (C=O) groups excluding carboxylic acids is 1. The lowest BCUT2D eigenvalue weighted by atomic mass is 9.79. The number of aliphatic hydroxyl groups is 2.